The highest BCUT2D eigenvalue weighted by Crippen LogP contribution is 2.37. The van der Waals surface area contributed by atoms with Gasteiger partial charge in [-0.05, 0) is 31.9 Å². The Morgan fingerprint density at radius 3 is 2.93 bits per heavy atom. The van der Waals surface area contributed by atoms with E-state index in [0.29, 0.717) is 0 Å². The standard InChI is InChI=1S/C13H18O/c1-4-7-13(3)9-11-8-10(2)5-6-12(11)14-13/h5-6,8H,4,7,9H2,1-3H3. The van der Waals surface area contributed by atoms with Gasteiger partial charge in [-0.25, -0.2) is 0 Å². The number of fused-ring (bicyclic) bond motifs is 1. The molecule has 1 aromatic rings. The second kappa shape index (κ2) is 3.30. The summed E-state index contributed by atoms with van der Waals surface area (Å²) in [6.07, 6.45) is 3.39. The van der Waals surface area contributed by atoms with Crippen molar-refractivity contribution in [3.05, 3.63) is 29.3 Å². The SMILES string of the molecule is CCCC1(C)Cc2cc(C)ccc2O1. The molecule has 0 fully saturated rings. The zero-order chi connectivity index (χ0) is 10.2. The summed E-state index contributed by atoms with van der Waals surface area (Å²) in [7, 11) is 0. The molecular formula is C13H18O. The van der Waals surface area contributed by atoms with Gasteiger partial charge in [0.2, 0.25) is 0 Å². The van der Waals surface area contributed by atoms with E-state index in [2.05, 4.69) is 39.0 Å². The zero-order valence-electron chi connectivity index (χ0n) is 9.26. The zero-order valence-corrected chi connectivity index (χ0v) is 9.26. The molecule has 0 saturated heterocycles. The molecule has 0 aromatic heterocycles. The predicted molar refractivity (Wildman–Crippen MR) is 58.8 cm³/mol. The Labute approximate surface area is 86.1 Å². The first-order chi connectivity index (χ1) is 6.63. The summed E-state index contributed by atoms with van der Waals surface area (Å²) in [5, 5.41) is 0. The monoisotopic (exact) mass is 190 g/mol. The summed E-state index contributed by atoms with van der Waals surface area (Å²) in [4.78, 5) is 0. The van der Waals surface area contributed by atoms with Gasteiger partial charge in [0.25, 0.3) is 0 Å². The van der Waals surface area contributed by atoms with Crippen molar-refractivity contribution < 1.29 is 4.74 Å². The van der Waals surface area contributed by atoms with E-state index in [4.69, 9.17) is 4.74 Å². The summed E-state index contributed by atoms with van der Waals surface area (Å²) in [5.41, 5.74) is 2.75. The first-order valence-corrected chi connectivity index (χ1v) is 5.41. The molecule has 0 spiro atoms. The Hall–Kier alpha value is -0.980. The fourth-order valence-corrected chi connectivity index (χ4v) is 2.32. The third-order valence-electron chi connectivity index (χ3n) is 2.92. The molecular weight excluding hydrogens is 172 g/mol. The second-order valence-corrected chi connectivity index (χ2v) is 4.59. The summed E-state index contributed by atoms with van der Waals surface area (Å²) in [6, 6.07) is 6.47. The van der Waals surface area contributed by atoms with Crippen molar-refractivity contribution in [3.8, 4) is 5.75 Å². The van der Waals surface area contributed by atoms with Crippen molar-refractivity contribution in [1.29, 1.82) is 0 Å². The quantitative estimate of drug-likeness (QED) is 0.693. The van der Waals surface area contributed by atoms with Crippen molar-refractivity contribution in [2.75, 3.05) is 0 Å². The average Bonchev–Trinajstić information content (AvgIpc) is 2.40. The smallest absolute Gasteiger partial charge is 0.123 e. The van der Waals surface area contributed by atoms with E-state index in [-0.39, 0.29) is 5.60 Å². The van der Waals surface area contributed by atoms with Gasteiger partial charge in [-0.2, -0.15) is 0 Å². The average molecular weight is 190 g/mol. The van der Waals surface area contributed by atoms with Gasteiger partial charge < -0.3 is 4.74 Å². The van der Waals surface area contributed by atoms with Crippen LogP contribution in [0.1, 0.15) is 37.8 Å². The van der Waals surface area contributed by atoms with Gasteiger partial charge in [0, 0.05) is 6.42 Å². The van der Waals surface area contributed by atoms with E-state index in [0.717, 1.165) is 18.6 Å². The Morgan fingerprint density at radius 1 is 1.43 bits per heavy atom. The van der Waals surface area contributed by atoms with Gasteiger partial charge in [0.1, 0.15) is 11.4 Å². The van der Waals surface area contributed by atoms with Crippen LogP contribution in [-0.4, -0.2) is 5.60 Å². The van der Waals surface area contributed by atoms with Crippen LogP contribution in [0.15, 0.2) is 18.2 Å². The number of ether oxygens (including phenoxy) is 1. The van der Waals surface area contributed by atoms with E-state index >= 15 is 0 Å². The van der Waals surface area contributed by atoms with Crippen LogP contribution >= 0.6 is 0 Å². The van der Waals surface area contributed by atoms with E-state index in [1.54, 1.807) is 0 Å². The molecule has 0 saturated carbocycles. The van der Waals surface area contributed by atoms with Gasteiger partial charge >= 0.3 is 0 Å². The molecule has 1 unspecified atom stereocenters. The normalized spacial score (nSPS) is 24.5. The van der Waals surface area contributed by atoms with Crippen LogP contribution in [0.2, 0.25) is 0 Å². The van der Waals surface area contributed by atoms with Crippen LogP contribution in [0, 0.1) is 6.92 Å². The topological polar surface area (TPSA) is 9.23 Å². The maximum absolute atomic E-state index is 5.99. The maximum Gasteiger partial charge on any atom is 0.123 e. The number of hydrogen-bond acceptors (Lipinski definition) is 1. The van der Waals surface area contributed by atoms with Gasteiger partial charge in [-0.3, -0.25) is 0 Å². The van der Waals surface area contributed by atoms with Gasteiger partial charge in [-0.15, -0.1) is 0 Å². The molecule has 1 atom stereocenters. The Balaban J connectivity index is 2.25. The highest BCUT2D eigenvalue weighted by atomic mass is 16.5. The highest BCUT2D eigenvalue weighted by Gasteiger charge is 2.33. The third-order valence-corrected chi connectivity index (χ3v) is 2.92. The van der Waals surface area contributed by atoms with Crippen LogP contribution in [-0.2, 0) is 6.42 Å². The number of aryl methyl sites for hydroxylation is 1. The molecule has 0 radical (unpaired) electrons. The molecule has 1 nitrogen and oxygen atoms in total. The van der Waals surface area contributed by atoms with Crippen LogP contribution < -0.4 is 4.74 Å². The van der Waals surface area contributed by atoms with Gasteiger partial charge in [0.15, 0.2) is 0 Å². The van der Waals surface area contributed by atoms with E-state index < -0.39 is 0 Å². The summed E-state index contributed by atoms with van der Waals surface area (Å²) in [5.74, 6) is 1.09. The predicted octanol–water partition coefficient (Wildman–Crippen LogP) is 3.49. The van der Waals surface area contributed by atoms with E-state index in [1.165, 1.54) is 17.5 Å². The largest absolute Gasteiger partial charge is 0.487 e. The molecule has 0 N–H and O–H groups in total. The lowest BCUT2D eigenvalue weighted by Crippen LogP contribution is -2.29. The first-order valence-electron chi connectivity index (χ1n) is 5.41. The minimum Gasteiger partial charge on any atom is -0.487 e. The van der Waals surface area contributed by atoms with Crippen LogP contribution in [0.25, 0.3) is 0 Å². The van der Waals surface area contributed by atoms with Crippen molar-refractivity contribution in [3.63, 3.8) is 0 Å². The first kappa shape index (κ1) is 9.57. The van der Waals surface area contributed by atoms with Crippen LogP contribution in [0.3, 0.4) is 0 Å². The fraction of sp³-hybridized carbons (Fsp3) is 0.538. The molecule has 2 rings (SSSR count). The number of rotatable bonds is 2. The maximum atomic E-state index is 5.99. The lowest BCUT2D eigenvalue weighted by atomic mass is 9.94. The van der Waals surface area contributed by atoms with Crippen molar-refractivity contribution in [1.82, 2.24) is 0 Å². The minimum atomic E-state index is 0.0465. The highest BCUT2D eigenvalue weighted by molar-refractivity contribution is 5.41. The summed E-state index contributed by atoms with van der Waals surface area (Å²) < 4.78 is 5.99. The molecule has 1 heterocycles. The second-order valence-electron chi connectivity index (χ2n) is 4.59. The van der Waals surface area contributed by atoms with Crippen LogP contribution in [0.4, 0.5) is 0 Å². The molecule has 76 valence electrons. The lowest BCUT2D eigenvalue weighted by molar-refractivity contribution is 0.105. The van der Waals surface area contributed by atoms with Gasteiger partial charge in [-0.1, -0.05) is 31.0 Å². The van der Waals surface area contributed by atoms with Crippen molar-refractivity contribution in [2.45, 2.75) is 45.6 Å². The van der Waals surface area contributed by atoms with E-state index in [1.807, 2.05) is 0 Å². The molecule has 0 aliphatic carbocycles. The molecule has 0 amide bonds. The number of hydrogen-bond donors (Lipinski definition) is 0. The fourth-order valence-electron chi connectivity index (χ4n) is 2.32. The van der Waals surface area contributed by atoms with Crippen molar-refractivity contribution in [2.24, 2.45) is 0 Å². The minimum absolute atomic E-state index is 0.0465. The molecule has 1 aliphatic rings. The molecule has 0 bridgehead atoms. The molecule has 1 aliphatic heterocycles. The summed E-state index contributed by atoms with van der Waals surface area (Å²) >= 11 is 0. The Morgan fingerprint density at radius 2 is 2.21 bits per heavy atom. The number of benzene rings is 1. The van der Waals surface area contributed by atoms with Gasteiger partial charge in [0.05, 0.1) is 0 Å². The Bertz CT molecular complexity index is 343. The molecule has 14 heavy (non-hydrogen) atoms. The lowest BCUT2D eigenvalue weighted by Gasteiger charge is -2.22. The molecule has 1 aromatic carbocycles. The van der Waals surface area contributed by atoms with E-state index in [9.17, 15) is 0 Å². The Kier molecular flexibility index (Phi) is 2.26. The molecule has 1 heteroatoms. The van der Waals surface area contributed by atoms with Crippen LogP contribution in [0.5, 0.6) is 5.75 Å². The summed E-state index contributed by atoms with van der Waals surface area (Å²) in [6.45, 7) is 6.56. The van der Waals surface area contributed by atoms with Crippen molar-refractivity contribution >= 4 is 0 Å². The third kappa shape index (κ3) is 1.63.